The predicted molar refractivity (Wildman–Crippen MR) is 73.1 cm³/mol. The van der Waals surface area contributed by atoms with Crippen LogP contribution < -0.4 is 5.32 Å². The predicted octanol–water partition coefficient (Wildman–Crippen LogP) is 1.50. The normalized spacial score (nSPS) is 12.5. The minimum Gasteiger partial charge on any atom is -0.597 e. The molecule has 0 saturated heterocycles. The van der Waals surface area contributed by atoms with E-state index in [-0.39, 0.29) is 30.9 Å². The summed E-state index contributed by atoms with van der Waals surface area (Å²) in [6, 6.07) is 7.75. The number of carboxylic acids is 1. The van der Waals surface area contributed by atoms with Gasteiger partial charge in [-0.2, -0.15) is 0 Å². The van der Waals surface area contributed by atoms with Gasteiger partial charge in [-0.25, -0.2) is 9.59 Å². The molecule has 0 bridgehead atoms. The van der Waals surface area contributed by atoms with Crippen LogP contribution in [0.1, 0.15) is 18.4 Å². The van der Waals surface area contributed by atoms with Crippen molar-refractivity contribution in [3.63, 3.8) is 0 Å². The molecule has 0 aliphatic carbocycles. The van der Waals surface area contributed by atoms with Gasteiger partial charge in [0.2, 0.25) is 0 Å². The minimum absolute atomic E-state index is 0.00400. The molecule has 0 spiro atoms. The van der Waals surface area contributed by atoms with Crippen molar-refractivity contribution in [1.29, 1.82) is 0 Å². The highest BCUT2D eigenvalue weighted by Gasteiger charge is 2.21. The maximum Gasteiger partial charge on any atom is 0.408 e. The van der Waals surface area contributed by atoms with Gasteiger partial charge in [0.05, 0.1) is 0 Å². The van der Waals surface area contributed by atoms with Crippen molar-refractivity contribution >= 4 is 12.1 Å². The lowest BCUT2D eigenvalue weighted by atomic mass is 10.1. The first-order chi connectivity index (χ1) is 10.5. The van der Waals surface area contributed by atoms with Gasteiger partial charge < -0.3 is 25.6 Å². The highest BCUT2D eigenvalue weighted by Crippen LogP contribution is 2.03. The SMILES string of the molecule is O=C(N[C@@H](CCC[N+]([O-])=NO)C(=O)O)OCc1ccccc1. The molecule has 0 heterocycles. The second kappa shape index (κ2) is 9.16. The fraction of sp³-hybridized carbons (Fsp3) is 0.385. The lowest BCUT2D eigenvalue weighted by Crippen LogP contribution is -2.41. The second-order valence-electron chi connectivity index (χ2n) is 4.40. The third-order valence-corrected chi connectivity index (χ3v) is 2.74. The Balaban J connectivity index is 2.38. The molecule has 3 N–H and O–H groups in total. The van der Waals surface area contributed by atoms with Crippen LogP contribution in [-0.2, 0) is 16.1 Å². The van der Waals surface area contributed by atoms with E-state index in [0.29, 0.717) is 0 Å². The third-order valence-electron chi connectivity index (χ3n) is 2.74. The van der Waals surface area contributed by atoms with Crippen LogP contribution in [0.15, 0.2) is 35.6 Å². The Kier molecular flexibility index (Phi) is 7.17. The number of hydroxylamine groups is 1. The fourth-order valence-electron chi connectivity index (χ4n) is 1.64. The minimum atomic E-state index is -1.24. The molecule has 0 saturated carbocycles. The molecule has 1 atom stereocenters. The first kappa shape index (κ1) is 17.2. The third kappa shape index (κ3) is 6.55. The number of nitrogens with zero attached hydrogens (tertiary/aromatic N) is 2. The number of carbonyl (C=O) groups is 2. The van der Waals surface area contributed by atoms with Gasteiger partial charge in [-0.1, -0.05) is 35.2 Å². The summed E-state index contributed by atoms with van der Waals surface area (Å²) in [6.07, 6.45) is -0.727. The number of nitrogens with one attached hydrogen (secondary N) is 1. The summed E-state index contributed by atoms with van der Waals surface area (Å²) in [6.45, 7) is -0.155. The Morgan fingerprint density at radius 1 is 1.36 bits per heavy atom. The van der Waals surface area contributed by atoms with E-state index in [0.717, 1.165) is 5.56 Å². The van der Waals surface area contributed by atoms with Gasteiger partial charge in [0, 0.05) is 6.42 Å². The van der Waals surface area contributed by atoms with E-state index in [1.807, 2.05) is 6.07 Å². The Morgan fingerprint density at radius 3 is 2.64 bits per heavy atom. The molecular weight excluding hydrogens is 294 g/mol. The number of rotatable bonds is 8. The fourth-order valence-corrected chi connectivity index (χ4v) is 1.64. The zero-order valence-electron chi connectivity index (χ0n) is 11.7. The molecule has 1 rings (SSSR count). The van der Waals surface area contributed by atoms with Crippen molar-refractivity contribution in [2.24, 2.45) is 5.28 Å². The van der Waals surface area contributed by atoms with Crippen molar-refractivity contribution in [2.75, 3.05) is 6.54 Å². The van der Waals surface area contributed by atoms with Gasteiger partial charge in [-0.3, -0.25) is 0 Å². The van der Waals surface area contributed by atoms with Crippen molar-refractivity contribution < 1.29 is 29.5 Å². The van der Waals surface area contributed by atoms with Gasteiger partial charge in [-0.15, -0.1) is 0 Å². The van der Waals surface area contributed by atoms with Crippen LogP contribution in [-0.4, -0.2) is 39.8 Å². The molecule has 0 radical (unpaired) electrons. The van der Waals surface area contributed by atoms with Gasteiger partial charge in [0.1, 0.15) is 12.6 Å². The van der Waals surface area contributed by atoms with Crippen molar-refractivity contribution in [3.05, 3.63) is 41.1 Å². The van der Waals surface area contributed by atoms with Gasteiger partial charge in [0.15, 0.2) is 11.8 Å². The number of alkyl carbamates (subject to hydrolysis) is 1. The average molecular weight is 311 g/mol. The summed E-state index contributed by atoms with van der Waals surface area (Å²) >= 11 is 0. The molecule has 9 nitrogen and oxygen atoms in total. The number of carbonyl (C=O) groups excluding carboxylic acids is 1. The first-order valence-corrected chi connectivity index (χ1v) is 6.52. The molecule has 0 fully saturated rings. The van der Waals surface area contributed by atoms with E-state index < -0.39 is 18.1 Å². The first-order valence-electron chi connectivity index (χ1n) is 6.52. The Hall–Kier alpha value is -2.84. The van der Waals surface area contributed by atoms with Gasteiger partial charge >= 0.3 is 12.1 Å². The average Bonchev–Trinajstić information content (AvgIpc) is 2.52. The summed E-state index contributed by atoms with van der Waals surface area (Å²) in [7, 11) is 0. The lowest BCUT2D eigenvalue weighted by molar-refractivity contribution is -0.556. The standard InChI is InChI=1S/C13H17N3O6/c17-12(18)11(7-4-8-16(21)15-20)14-13(19)22-9-10-5-2-1-3-6-10/h1-3,5-6,11,20H,4,7-9H2,(H,14,19)(H,17,18)/t11-/m0/s1. The molecule has 1 aromatic carbocycles. The van der Waals surface area contributed by atoms with Crippen LogP contribution in [0.3, 0.4) is 0 Å². The van der Waals surface area contributed by atoms with Crippen LogP contribution in [0.4, 0.5) is 4.79 Å². The number of ether oxygens (including phenoxy) is 1. The van der Waals surface area contributed by atoms with E-state index in [1.54, 1.807) is 24.3 Å². The molecule has 22 heavy (non-hydrogen) atoms. The molecule has 0 aromatic heterocycles. The number of amides is 1. The molecule has 1 aromatic rings. The topological polar surface area (TPSA) is 134 Å². The Labute approximate surface area is 126 Å². The largest absolute Gasteiger partial charge is 0.597 e. The summed E-state index contributed by atoms with van der Waals surface area (Å²) in [5.41, 5.74) is 0.774. The summed E-state index contributed by atoms with van der Waals surface area (Å²) in [5, 5.41) is 32.4. The molecule has 0 aliphatic rings. The number of carboxylic acid groups (broad SMARTS) is 1. The number of hydrogen-bond donors (Lipinski definition) is 3. The Bertz CT molecular complexity index is 520. The lowest BCUT2D eigenvalue weighted by Gasteiger charge is -2.14. The second-order valence-corrected chi connectivity index (χ2v) is 4.40. The zero-order chi connectivity index (χ0) is 16.4. The molecule has 9 heteroatoms. The van der Waals surface area contributed by atoms with Gasteiger partial charge in [0.25, 0.3) is 0 Å². The van der Waals surface area contributed by atoms with Crippen LogP contribution in [0.25, 0.3) is 0 Å². The highest BCUT2D eigenvalue weighted by atomic mass is 16.6. The smallest absolute Gasteiger partial charge is 0.408 e. The van der Waals surface area contributed by atoms with Crippen LogP contribution >= 0.6 is 0 Å². The van der Waals surface area contributed by atoms with E-state index >= 15 is 0 Å². The van der Waals surface area contributed by atoms with E-state index in [2.05, 4.69) is 10.6 Å². The maximum absolute atomic E-state index is 11.6. The van der Waals surface area contributed by atoms with Crippen molar-refractivity contribution in [2.45, 2.75) is 25.5 Å². The van der Waals surface area contributed by atoms with Crippen LogP contribution in [0.2, 0.25) is 0 Å². The van der Waals surface area contributed by atoms with Crippen molar-refractivity contribution in [1.82, 2.24) is 5.32 Å². The highest BCUT2D eigenvalue weighted by molar-refractivity contribution is 5.79. The van der Waals surface area contributed by atoms with Crippen LogP contribution in [0.5, 0.6) is 0 Å². The summed E-state index contributed by atoms with van der Waals surface area (Å²) in [4.78, 5) is 22.6. The van der Waals surface area contributed by atoms with E-state index in [1.165, 1.54) is 0 Å². The van der Waals surface area contributed by atoms with Crippen molar-refractivity contribution in [3.8, 4) is 0 Å². The number of benzene rings is 1. The van der Waals surface area contributed by atoms with E-state index in [4.69, 9.17) is 15.1 Å². The Morgan fingerprint density at radius 2 is 2.05 bits per heavy atom. The molecular formula is C13H17N3O6. The molecule has 1 amide bonds. The molecule has 120 valence electrons. The quantitative estimate of drug-likeness (QED) is 0.378. The zero-order valence-corrected chi connectivity index (χ0v) is 11.7. The monoisotopic (exact) mass is 311 g/mol. The van der Waals surface area contributed by atoms with Crippen LogP contribution in [0, 0.1) is 5.21 Å². The maximum atomic E-state index is 11.6. The van der Waals surface area contributed by atoms with E-state index in [9.17, 15) is 14.8 Å². The van der Waals surface area contributed by atoms with Gasteiger partial charge in [-0.05, 0) is 12.0 Å². The summed E-state index contributed by atoms with van der Waals surface area (Å²) < 4.78 is 4.91. The number of hydrogen-bond acceptors (Lipinski definition) is 5. The molecule has 0 unspecified atom stereocenters. The number of aliphatic carboxylic acids is 1. The summed E-state index contributed by atoms with van der Waals surface area (Å²) in [5.74, 6) is -1.24. The molecule has 0 aliphatic heterocycles.